The molecule has 296 valence electrons. The number of ether oxygens (including phenoxy) is 3. The monoisotopic (exact) mass is 772 g/mol. The maximum absolute atomic E-state index is 14.0. The lowest BCUT2D eigenvalue weighted by molar-refractivity contribution is -0.154. The average Bonchev–Trinajstić information content (AvgIpc) is 3.10. The van der Waals surface area contributed by atoms with Gasteiger partial charge in [0.1, 0.15) is 35.1 Å². The first-order chi connectivity index (χ1) is 26.3. The highest BCUT2D eigenvalue weighted by Gasteiger charge is 2.25. The average molecular weight is 773 g/mol. The number of anilines is 3. The van der Waals surface area contributed by atoms with Gasteiger partial charge in [0.15, 0.2) is 6.61 Å². The number of carbonyl (C=O) groups excluding carboxylic acids is 5. The van der Waals surface area contributed by atoms with E-state index in [2.05, 4.69) is 10.6 Å². The highest BCUT2D eigenvalue weighted by molar-refractivity contribution is 6.01. The standard InChI is InChI=1S/C42H46F2N4O8/c1-41(2,3)55-38(51)19-27-12-10-13-31(18-27)46-40(53)45-24-36(49)48(25-39(52)56-42(4,5)6)32-14-11-15-33(23-32)54-26-37(50)47(7)35-17-9-8-16-34(35)28-20-29(43)22-30(44)21-28/h8-18,20-23H,19,24-26H2,1-7H3,(H2,45,46,53). The Hall–Kier alpha value is -6.31. The molecule has 0 saturated carbocycles. The van der Waals surface area contributed by atoms with E-state index in [9.17, 15) is 32.8 Å². The van der Waals surface area contributed by atoms with Crippen LogP contribution in [0.5, 0.6) is 5.75 Å². The van der Waals surface area contributed by atoms with Crippen molar-refractivity contribution in [2.45, 2.75) is 59.2 Å². The van der Waals surface area contributed by atoms with Crippen molar-refractivity contribution >= 4 is 46.8 Å². The molecule has 0 aliphatic rings. The van der Waals surface area contributed by atoms with Crippen molar-refractivity contribution in [2.24, 2.45) is 0 Å². The van der Waals surface area contributed by atoms with Crippen molar-refractivity contribution in [2.75, 3.05) is 41.9 Å². The number of likely N-dealkylation sites (N-methyl/N-ethyl adjacent to an activating group) is 1. The van der Waals surface area contributed by atoms with Crippen LogP contribution in [-0.4, -0.2) is 67.7 Å². The van der Waals surface area contributed by atoms with Crippen LogP contribution in [0, 0.1) is 11.6 Å². The van der Waals surface area contributed by atoms with Gasteiger partial charge >= 0.3 is 18.0 Å². The normalized spacial score (nSPS) is 11.2. The van der Waals surface area contributed by atoms with E-state index in [1.165, 1.54) is 30.1 Å². The molecule has 0 radical (unpaired) electrons. The zero-order valence-electron chi connectivity index (χ0n) is 32.4. The molecule has 0 atom stereocenters. The van der Waals surface area contributed by atoms with E-state index < -0.39 is 72.3 Å². The van der Waals surface area contributed by atoms with Gasteiger partial charge in [-0.25, -0.2) is 13.6 Å². The number of nitrogens with one attached hydrogen (secondary N) is 2. The Kier molecular flexibility index (Phi) is 13.9. The Morgan fingerprint density at radius 1 is 0.714 bits per heavy atom. The SMILES string of the molecule is CN(C(=O)COc1cccc(N(CC(=O)OC(C)(C)C)C(=O)CNC(=O)Nc2cccc(CC(=O)OC(C)(C)C)c2)c1)c1ccccc1-c1cc(F)cc(F)c1. The van der Waals surface area contributed by atoms with E-state index in [0.29, 0.717) is 22.5 Å². The third-order valence-corrected chi connectivity index (χ3v) is 7.67. The predicted octanol–water partition coefficient (Wildman–Crippen LogP) is 7.05. The van der Waals surface area contributed by atoms with E-state index >= 15 is 0 Å². The van der Waals surface area contributed by atoms with Crippen molar-refractivity contribution < 1.29 is 47.0 Å². The molecule has 0 heterocycles. The number of esters is 2. The Bertz CT molecular complexity index is 2060. The smallest absolute Gasteiger partial charge is 0.326 e. The van der Waals surface area contributed by atoms with Crippen molar-refractivity contribution in [3.8, 4) is 16.9 Å². The van der Waals surface area contributed by atoms with Gasteiger partial charge in [-0.2, -0.15) is 0 Å². The molecule has 4 rings (SSSR count). The minimum absolute atomic E-state index is 0.00695. The molecular formula is C42H46F2N4O8. The summed E-state index contributed by atoms with van der Waals surface area (Å²) in [5, 5.41) is 5.12. The quantitative estimate of drug-likeness (QED) is 0.138. The third kappa shape index (κ3) is 13.2. The van der Waals surface area contributed by atoms with Crippen LogP contribution in [0.1, 0.15) is 47.1 Å². The number of nitrogens with zero attached hydrogens (tertiary/aromatic N) is 2. The largest absolute Gasteiger partial charge is 0.484 e. The fourth-order valence-corrected chi connectivity index (χ4v) is 5.39. The number of benzene rings is 4. The van der Waals surface area contributed by atoms with Gasteiger partial charge in [-0.15, -0.1) is 0 Å². The molecule has 14 heteroatoms. The first-order valence-corrected chi connectivity index (χ1v) is 17.7. The highest BCUT2D eigenvalue weighted by Crippen LogP contribution is 2.31. The fourth-order valence-electron chi connectivity index (χ4n) is 5.39. The van der Waals surface area contributed by atoms with Crippen LogP contribution in [0.3, 0.4) is 0 Å². The molecule has 0 unspecified atom stereocenters. The van der Waals surface area contributed by atoms with Crippen LogP contribution in [0.2, 0.25) is 0 Å². The van der Waals surface area contributed by atoms with E-state index in [0.717, 1.165) is 11.0 Å². The van der Waals surface area contributed by atoms with Crippen LogP contribution < -0.4 is 25.2 Å². The second kappa shape index (κ2) is 18.3. The second-order valence-corrected chi connectivity index (χ2v) is 14.8. The van der Waals surface area contributed by atoms with Crippen molar-refractivity contribution in [3.63, 3.8) is 0 Å². The zero-order valence-corrected chi connectivity index (χ0v) is 32.4. The summed E-state index contributed by atoms with van der Waals surface area (Å²) in [6, 6.07) is 21.8. The summed E-state index contributed by atoms with van der Waals surface area (Å²) in [5.41, 5.74) is 0.767. The first-order valence-electron chi connectivity index (χ1n) is 17.7. The lowest BCUT2D eigenvalue weighted by Crippen LogP contribution is -2.45. The Morgan fingerprint density at radius 3 is 2.04 bits per heavy atom. The summed E-state index contributed by atoms with van der Waals surface area (Å²) in [7, 11) is 1.50. The van der Waals surface area contributed by atoms with Gasteiger partial charge in [0.25, 0.3) is 5.91 Å². The van der Waals surface area contributed by atoms with Crippen LogP contribution in [0.4, 0.5) is 30.6 Å². The molecule has 12 nitrogen and oxygen atoms in total. The molecule has 4 amide bonds. The zero-order chi connectivity index (χ0) is 41.2. The minimum Gasteiger partial charge on any atom is -0.484 e. The Labute approximate surface area is 324 Å². The van der Waals surface area contributed by atoms with E-state index in [4.69, 9.17) is 14.2 Å². The molecule has 0 aromatic heterocycles. The molecule has 4 aromatic carbocycles. The molecule has 2 N–H and O–H groups in total. The minimum atomic E-state index is -0.846. The summed E-state index contributed by atoms with van der Waals surface area (Å²) >= 11 is 0. The van der Waals surface area contributed by atoms with Gasteiger partial charge in [0.05, 0.1) is 18.7 Å². The van der Waals surface area contributed by atoms with Gasteiger partial charge in [0, 0.05) is 36.1 Å². The van der Waals surface area contributed by atoms with Gasteiger partial charge in [-0.1, -0.05) is 36.4 Å². The van der Waals surface area contributed by atoms with Gasteiger partial charge in [-0.05, 0) is 95.1 Å². The van der Waals surface area contributed by atoms with Gasteiger partial charge < -0.3 is 29.7 Å². The third-order valence-electron chi connectivity index (χ3n) is 7.67. The number of rotatable bonds is 13. The van der Waals surface area contributed by atoms with Crippen LogP contribution in [-0.2, 0) is 35.1 Å². The van der Waals surface area contributed by atoms with Crippen molar-refractivity contribution in [1.82, 2.24) is 5.32 Å². The summed E-state index contributed by atoms with van der Waals surface area (Å²) < 4.78 is 44.6. The van der Waals surface area contributed by atoms with Crippen molar-refractivity contribution in [1.29, 1.82) is 0 Å². The molecule has 0 spiro atoms. The topological polar surface area (TPSA) is 144 Å². The van der Waals surface area contributed by atoms with Crippen LogP contribution >= 0.6 is 0 Å². The number of carbonyl (C=O) groups is 5. The lowest BCUT2D eigenvalue weighted by atomic mass is 10.0. The van der Waals surface area contributed by atoms with E-state index in [1.807, 2.05) is 0 Å². The molecule has 56 heavy (non-hydrogen) atoms. The molecular weight excluding hydrogens is 726 g/mol. The number of hydrogen-bond donors (Lipinski definition) is 2. The summed E-state index contributed by atoms with van der Waals surface area (Å²) in [4.78, 5) is 67.3. The molecule has 4 aromatic rings. The number of halogens is 2. The first kappa shape index (κ1) is 42.4. The molecule has 0 bridgehead atoms. The number of amides is 4. The van der Waals surface area contributed by atoms with E-state index in [1.54, 1.807) is 108 Å². The Balaban J connectivity index is 1.44. The van der Waals surface area contributed by atoms with Gasteiger partial charge in [0.2, 0.25) is 5.91 Å². The molecule has 0 aliphatic carbocycles. The maximum Gasteiger partial charge on any atom is 0.326 e. The van der Waals surface area contributed by atoms with Gasteiger partial charge in [-0.3, -0.25) is 24.1 Å². The van der Waals surface area contributed by atoms with E-state index in [-0.39, 0.29) is 23.4 Å². The number of urea groups is 1. The summed E-state index contributed by atoms with van der Waals surface area (Å²) in [5.74, 6) is -3.63. The molecule has 0 fully saturated rings. The number of hydrogen-bond acceptors (Lipinski definition) is 8. The molecule has 0 saturated heterocycles. The lowest BCUT2D eigenvalue weighted by Gasteiger charge is -2.26. The second-order valence-electron chi connectivity index (χ2n) is 14.8. The predicted molar refractivity (Wildman–Crippen MR) is 208 cm³/mol. The molecule has 0 aliphatic heterocycles. The number of para-hydroxylation sites is 1. The highest BCUT2D eigenvalue weighted by atomic mass is 19.1. The fraction of sp³-hybridized carbons (Fsp3) is 0.310. The summed E-state index contributed by atoms with van der Waals surface area (Å²) in [6.45, 7) is 8.87. The van der Waals surface area contributed by atoms with Crippen molar-refractivity contribution in [3.05, 3.63) is 108 Å². The maximum atomic E-state index is 14.0. The van der Waals surface area contributed by atoms with Crippen LogP contribution in [0.25, 0.3) is 11.1 Å². The Morgan fingerprint density at radius 2 is 1.36 bits per heavy atom. The van der Waals surface area contributed by atoms with Crippen LogP contribution in [0.15, 0.2) is 91.0 Å². The summed E-state index contributed by atoms with van der Waals surface area (Å²) in [6.07, 6.45) is -0.00695.